The summed E-state index contributed by atoms with van der Waals surface area (Å²) in [6.07, 6.45) is 1.49. The van der Waals surface area contributed by atoms with Gasteiger partial charge in [0.25, 0.3) is 0 Å². The summed E-state index contributed by atoms with van der Waals surface area (Å²) in [5.41, 5.74) is 0.401. The van der Waals surface area contributed by atoms with Gasteiger partial charge in [-0.25, -0.2) is 4.79 Å². The predicted molar refractivity (Wildman–Crippen MR) is 68.0 cm³/mol. The Kier molecular flexibility index (Phi) is 3.87. The first kappa shape index (κ1) is 12.9. The fourth-order valence-corrected chi connectivity index (χ4v) is 2.29. The lowest BCUT2D eigenvalue weighted by Gasteiger charge is -2.28. The van der Waals surface area contributed by atoms with Gasteiger partial charge in [0.15, 0.2) is 0 Å². The number of hydrogen-bond donors (Lipinski definition) is 2. The summed E-state index contributed by atoms with van der Waals surface area (Å²) < 4.78 is 5.14. The van der Waals surface area contributed by atoms with Gasteiger partial charge in [0, 0.05) is 0 Å². The number of aliphatic hydroxyl groups excluding tert-OH is 1. The molecule has 1 aromatic carbocycles. The molecule has 0 radical (unpaired) electrons. The van der Waals surface area contributed by atoms with Gasteiger partial charge in [0.1, 0.15) is 6.61 Å². The van der Waals surface area contributed by atoms with Crippen LogP contribution in [0.2, 0.25) is 0 Å². The molecule has 0 aliphatic heterocycles. The summed E-state index contributed by atoms with van der Waals surface area (Å²) in [7, 11) is 0. The Balaban J connectivity index is 1.82. The lowest BCUT2D eigenvalue weighted by Crippen LogP contribution is -2.51. The standard InChI is InChI=1S/C14H19NO3/c1-14(9-5-8-12(14)16)15-13(17)18-10-11-6-3-2-4-7-11/h2-4,6-7,12,16H,5,8-10H2,1H3,(H,15,17)/t12-,14-/m1/s1. The van der Waals surface area contributed by atoms with E-state index in [9.17, 15) is 9.90 Å². The number of carbonyl (C=O) groups is 1. The minimum absolute atomic E-state index is 0.249. The molecule has 1 fully saturated rings. The second-order valence-corrected chi connectivity index (χ2v) is 5.01. The monoisotopic (exact) mass is 249 g/mol. The van der Waals surface area contributed by atoms with Crippen LogP contribution in [0.4, 0.5) is 4.79 Å². The Morgan fingerprint density at radius 3 is 2.83 bits per heavy atom. The van der Waals surface area contributed by atoms with E-state index in [0.717, 1.165) is 24.8 Å². The van der Waals surface area contributed by atoms with E-state index >= 15 is 0 Å². The number of hydrogen-bond acceptors (Lipinski definition) is 3. The maximum absolute atomic E-state index is 11.7. The molecule has 2 rings (SSSR count). The number of carbonyl (C=O) groups excluding carboxylic acids is 1. The van der Waals surface area contributed by atoms with Gasteiger partial charge in [-0.2, -0.15) is 0 Å². The van der Waals surface area contributed by atoms with Gasteiger partial charge in [0.2, 0.25) is 0 Å². The smallest absolute Gasteiger partial charge is 0.407 e. The van der Waals surface area contributed by atoms with Crippen LogP contribution in [0.3, 0.4) is 0 Å². The van der Waals surface area contributed by atoms with E-state index < -0.39 is 17.7 Å². The highest BCUT2D eigenvalue weighted by molar-refractivity contribution is 5.68. The minimum atomic E-state index is -0.548. The van der Waals surface area contributed by atoms with Crippen LogP contribution in [-0.2, 0) is 11.3 Å². The lowest BCUT2D eigenvalue weighted by molar-refractivity contribution is 0.0782. The average Bonchev–Trinajstić information content (AvgIpc) is 2.68. The van der Waals surface area contributed by atoms with E-state index in [4.69, 9.17) is 4.74 Å². The predicted octanol–water partition coefficient (Wildman–Crippen LogP) is 2.22. The average molecular weight is 249 g/mol. The SMILES string of the molecule is C[C@@]1(NC(=O)OCc2ccccc2)CCC[C@H]1O. The van der Waals surface area contributed by atoms with Crippen molar-refractivity contribution in [3.8, 4) is 0 Å². The molecule has 0 aromatic heterocycles. The van der Waals surface area contributed by atoms with Crippen LogP contribution < -0.4 is 5.32 Å². The number of amides is 1. The Labute approximate surface area is 107 Å². The molecule has 4 nitrogen and oxygen atoms in total. The van der Waals surface area contributed by atoms with Crippen molar-refractivity contribution in [2.24, 2.45) is 0 Å². The fraction of sp³-hybridized carbons (Fsp3) is 0.500. The first-order chi connectivity index (χ1) is 8.60. The molecule has 0 heterocycles. The molecule has 4 heteroatoms. The molecule has 0 saturated heterocycles. The lowest BCUT2D eigenvalue weighted by atomic mass is 9.98. The molecule has 1 saturated carbocycles. The second kappa shape index (κ2) is 5.40. The number of ether oxygens (including phenoxy) is 1. The summed E-state index contributed by atoms with van der Waals surface area (Å²) in [4.78, 5) is 11.7. The third-order valence-corrected chi connectivity index (χ3v) is 3.51. The summed E-state index contributed by atoms with van der Waals surface area (Å²) in [6, 6.07) is 9.52. The van der Waals surface area contributed by atoms with Gasteiger partial charge in [-0.1, -0.05) is 30.3 Å². The summed E-state index contributed by atoms with van der Waals surface area (Å²) in [5.74, 6) is 0. The first-order valence-corrected chi connectivity index (χ1v) is 6.27. The zero-order chi connectivity index (χ0) is 13.0. The molecule has 2 atom stereocenters. The van der Waals surface area contributed by atoms with E-state index in [0.29, 0.717) is 0 Å². The number of benzene rings is 1. The first-order valence-electron chi connectivity index (χ1n) is 6.27. The minimum Gasteiger partial charge on any atom is -0.445 e. The summed E-state index contributed by atoms with van der Waals surface area (Å²) >= 11 is 0. The number of rotatable bonds is 3. The van der Waals surface area contributed by atoms with Crippen LogP contribution >= 0.6 is 0 Å². The molecule has 1 aliphatic rings. The summed E-state index contributed by atoms with van der Waals surface area (Å²) in [6.45, 7) is 2.10. The van der Waals surface area contributed by atoms with Crippen molar-refractivity contribution in [3.05, 3.63) is 35.9 Å². The number of aliphatic hydroxyl groups is 1. The van der Waals surface area contributed by atoms with Crippen molar-refractivity contribution >= 4 is 6.09 Å². The van der Waals surface area contributed by atoms with Gasteiger partial charge in [-0.3, -0.25) is 0 Å². The molecule has 18 heavy (non-hydrogen) atoms. The van der Waals surface area contributed by atoms with Crippen LogP contribution in [0.15, 0.2) is 30.3 Å². The van der Waals surface area contributed by atoms with E-state index in [-0.39, 0.29) is 6.61 Å². The Hall–Kier alpha value is -1.55. The molecule has 1 aromatic rings. The van der Waals surface area contributed by atoms with E-state index in [1.54, 1.807) is 0 Å². The topological polar surface area (TPSA) is 58.6 Å². The van der Waals surface area contributed by atoms with E-state index in [1.807, 2.05) is 37.3 Å². The van der Waals surface area contributed by atoms with Crippen LogP contribution in [-0.4, -0.2) is 22.8 Å². The van der Waals surface area contributed by atoms with Crippen molar-refractivity contribution in [3.63, 3.8) is 0 Å². The van der Waals surface area contributed by atoms with Crippen molar-refractivity contribution in [1.82, 2.24) is 5.32 Å². The van der Waals surface area contributed by atoms with Crippen molar-refractivity contribution in [2.45, 2.75) is 44.4 Å². The quantitative estimate of drug-likeness (QED) is 0.863. The van der Waals surface area contributed by atoms with Crippen molar-refractivity contribution < 1.29 is 14.6 Å². The molecule has 2 N–H and O–H groups in total. The molecule has 1 amide bonds. The number of alkyl carbamates (subject to hydrolysis) is 1. The zero-order valence-corrected chi connectivity index (χ0v) is 10.6. The Morgan fingerprint density at radius 2 is 2.22 bits per heavy atom. The molecule has 0 unspecified atom stereocenters. The van der Waals surface area contributed by atoms with Crippen molar-refractivity contribution in [2.75, 3.05) is 0 Å². The second-order valence-electron chi connectivity index (χ2n) is 5.01. The molecule has 1 aliphatic carbocycles. The van der Waals surface area contributed by atoms with Crippen LogP contribution in [0.25, 0.3) is 0 Å². The van der Waals surface area contributed by atoms with Crippen LogP contribution in [0.5, 0.6) is 0 Å². The normalized spacial score (nSPS) is 26.9. The highest BCUT2D eigenvalue weighted by Crippen LogP contribution is 2.29. The molecule has 0 spiro atoms. The fourth-order valence-electron chi connectivity index (χ4n) is 2.29. The van der Waals surface area contributed by atoms with Crippen molar-refractivity contribution in [1.29, 1.82) is 0 Å². The molecular weight excluding hydrogens is 230 g/mol. The van der Waals surface area contributed by atoms with Gasteiger partial charge >= 0.3 is 6.09 Å². The Morgan fingerprint density at radius 1 is 1.50 bits per heavy atom. The molecule has 98 valence electrons. The maximum atomic E-state index is 11.7. The van der Waals surface area contributed by atoms with Gasteiger partial charge in [-0.05, 0) is 31.7 Å². The summed E-state index contributed by atoms with van der Waals surface area (Å²) in [5, 5.41) is 12.6. The molecular formula is C14H19NO3. The highest BCUT2D eigenvalue weighted by atomic mass is 16.5. The third kappa shape index (κ3) is 3.01. The van der Waals surface area contributed by atoms with Gasteiger partial charge < -0.3 is 15.2 Å². The van der Waals surface area contributed by atoms with Gasteiger partial charge in [0.05, 0.1) is 11.6 Å². The van der Waals surface area contributed by atoms with E-state index in [2.05, 4.69) is 5.32 Å². The number of nitrogens with one attached hydrogen (secondary N) is 1. The largest absolute Gasteiger partial charge is 0.445 e. The van der Waals surface area contributed by atoms with Crippen LogP contribution in [0, 0.1) is 0 Å². The Bertz CT molecular complexity index is 407. The third-order valence-electron chi connectivity index (χ3n) is 3.51. The maximum Gasteiger partial charge on any atom is 0.407 e. The molecule has 0 bridgehead atoms. The van der Waals surface area contributed by atoms with E-state index in [1.165, 1.54) is 0 Å². The van der Waals surface area contributed by atoms with Crippen LogP contribution in [0.1, 0.15) is 31.7 Å². The zero-order valence-electron chi connectivity index (χ0n) is 10.6. The van der Waals surface area contributed by atoms with Gasteiger partial charge in [-0.15, -0.1) is 0 Å². The highest BCUT2D eigenvalue weighted by Gasteiger charge is 2.39.